The molecule has 0 bridgehead atoms. The van der Waals surface area contributed by atoms with Gasteiger partial charge in [0, 0.05) is 28.9 Å². The molecule has 1 amide bonds. The van der Waals surface area contributed by atoms with Crippen LogP contribution in [0.4, 0.5) is 11.4 Å². The van der Waals surface area contributed by atoms with Gasteiger partial charge in [0.05, 0.1) is 37.2 Å². The zero-order valence-electron chi connectivity index (χ0n) is 24.0. The zero-order valence-corrected chi connectivity index (χ0v) is 24.8. The quantitative estimate of drug-likeness (QED) is 0.191. The fourth-order valence-electron chi connectivity index (χ4n) is 4.81. The summed E-state index contributed by atoms with van der Waals surface area (Å²) in [5, 5.41) is 6.83. The van der Waals surface area contributed by atoms with E-state index >= 15 is 0 Å². The third-order valence-electron chi connectivity index (χ3n) is 7.01. The Morgan fingerprint density at radius 1 is 1.02 bits per heavy atom. The zero-order chi connectivity index (χ0) is 30.0. The van der Waals surface area contributed by atoms with Crippen molar-refractivity contribution in [3.8, 4) is 17.1 Å². The van der Waals surface area contributed by atoms with E-state index in [1.807, 2.05) is 80.3 Å². The van der Waals surface area contributed by atoms with E-state index in [1.165, 1.54) is 7.11 Å². The first kappa shape index (κ1) is 28.8. The molecule has 2 aromatic carbocycles. The molecule has 9 nitrogen and oxygen atoms in total. The van der Waals surface area contributed by atoms with Gasteiger partial charge >= 0.3 is 5.97 Å². The Kier molecular flexibility index (Phi) is 8.00. The Hall–Kier alpha value is -4.70. The van der Waals surface area contributed by atoms with Crippen molar-refractivity contribution in [3.05, 3.63) is 96.0 Å². The average molecular weight is 585 g/mol. The normalized spacial score (nSPS) is 16.6. The summed E-state index contributed by atoms with van der Waals surface area (Å²) in [6.07, 6.45) is 1.73. The topological polar surface area (TPSA) is 106 Å². The molecule has 2 N–H and O–H groups in total. The van der Waals surface area contributed by atoms with E-state index in [0.29, 0.717) is 39.2 Å². The van der Waals surface area contributed by atoms with Crippen LogP contribution >= 0.6 is 12.2 Å². The summed E-state index contributed by atoms with van der Waals surface area (Å²) in [7, 11) is 2.90. The van der Waals surface area contributed by atoms with Gasteiger partial charge in [0.1, 0.15) is 23.3 Å². The molecule has 1 aliphatic rings. The number of rotatable bonds is 7. The molecule has 0 spiro atoms. The number of ether oxygens (including phenoxy) is 2. The summed E-state index contributed by atoms with van der Waals surface area (Å²) in [4.78, 5) is 31.7. The number of nitrogens with zero attached hydrogens (tertiary/aromatic N) is 2. The molecule has 5 rings (SSSR count). The van der Waals surface area contributed by atoms with Crippen molar-refractivity contribution in [2.24, 2.45) is 5.41 Å². The van der Waals surface area contributed by atoms with E-state index in [4.69, 9.17) is 26.1 Å². The molecular weight excluding hydrogens is 552 g/mol. The molecule has 42 heavy (non-hydrogen) atoms. The van der Waals surface area contributed by atoms with E-state index in [9.17, 15) is 9.59 Å². The Morgan fingerprint density at radius 2 is 1.79 bits per heavy atom. The highest BCUT2D eigenvalue weighted by molar-refractivity contribution is 7.80. The molecule has 1 aliphatic heterocycles. The highest BCUT2D eigenvalue weighted by Crippen LogP contribution is 2.44. The predicted octanol–water partition coefficient (Wildman–Crippen LogP) is 6.30. The van der Waals surface area contributed by atoms with Crippen LogP contribution in [-0.2, 0) is 9.53 Å². The Bertz CT molecular complexity index is 1630. The first-order chi connectivity index (χ1) is 20.1. The number of amides is 1. The number of hydrogen-bond donors (Lipinski definition) is 2. The number of carbonyl (C=O) groups is 2. The van der Waals surface area contributed by atoms with Gasteiger partial charge in [-0.25, -0.2) is 4.79 Å². The van der Waals surface area contributed by atoms with Crippen molar-refractivity contribution in [2.45, 2.75) is 32.9 Å². The number of carbonyl (C=O) groups excluding carboxylic acids is 2. The molecule has 1 fully saturated rings. The second-order valence-corrected chi connectivity index (χ2v) is 11.2. The standard InChI is InChI=1S/C32H32N4O5S/c1-32(2,3)30(38)34-22-14-13-19(18-26(22)39-4)36-28(27(35-31(36)42)23-12-8-9-17-33-23)25-16-15-24(41-25)20-10-6-7-11-21(20)29(37)40-5/h6-18,27-28H,1-5H3,(H,34,38)(H,35,42)/t27-,28+/m1/s1. The average Bonchev–Trinajstić information content (AvgIpc) is 3.61. The lowest BCUT2D eigenvalue weighted by molar-refractivity contribution is -0.123. The third-order valence-corrected chi connectivity index (χ3v) is 7.32. The van der Waals surface area contributed by atoms with Crippen LogP contribution in [0, 0.1) is 5.41 Å². The van der Waals surface area contributed by atoms with Crippen molar-refractivity contribution >= 4 is 40.6 Å². The number of furan rings is 1. The molecule has 216 valence electrons. The van der Waals surface area contributed by atoms with Crippen LogP contribution in [0.2, 0.25) is 0 Å². The first-order valence-electron chi connectivity index (χ1n) is 13.4. The van der Waals surface area contributed by atoms with Crippen molar-refractivity contribution in [3.63, 3.8) is 0 Å². The van der Waals surface area contributed by atoms with Crippen LogP contribution in [0.5, 0.6) is 5.75 Å². The highest BCUT2D eigenvalue weighted by atomic mass is 32.1. The van der Waals surface area contributed by atoms with Crippen molar-refractivity contribution < 1.29 is 23.5 Å². The number of anilines is 2. The molecule has 3 heterocycles. The molecule has 0 saturated carbocycles. The van der Waals surface area contributed by atoms with Gasteiger partial charge in [-0.15, -0.1) is 0 Å². The minimum absolute atomic E-state index is 0.129. The van der Waals surface area contributed by atoms with Gasteiger partial charge in [0.2, 0.25) is 5.91 Å². The predicted molar refractivity (Wildman–Crippen MR) is 164 cm³/mol. The first-order valence-corrected chi connectivity index (χ1v) is 13.8. The molecule has 0 aliphatic carbocycles. The summed E-state index contributed by atoms with van der Waals surface area (Å²) in [5.41, 5.74) is 2.50. The molecule has 2 aromatic heterocycles. The lowest BCUT2D eigenvalue weighted by Crippen LogP contribution is -2.30. The van der Waals surface area contributed by atoms with E-state index in [2.05, 4.69) is 15.6 Å². The van der Waals surface area contributed by atoms with Crippen LogP contribution in [0.3, 0.4) is 0 Å². The SMILES string of the molecule is COC(=O)c1ccccc1-c1ccc([C@H]2[C@@H](c3ccccn3)NC(=S)N2c2ccc(NC(=O)C(C)(C)C)c(OC)c2)o1. The fourth-order valence-corrected chi connectivity index (χ4v) is 5.15. The van der Waals surface area contributed by atoms with Crippen molar-refractivity contribution in [2.75, 3.05) is 24.4 Å². The summed E-state index contributed by atoms with van der Waals surface area (Å²) in [6, 6.07) is 21.3. The summed E-state index contributed by atoms with van der Waals surface area (Å²) in [5.74, 6) is 1.03. The number of benzene rings is 2. The van der Waals surface area contributed by atoms with E-state index in [0.717, 1.165) is 11.4 Å². The smallest absolute Gasteiger partial charge is 0.338 e. The van der Waals surface area contributed by atoms with E-state index in [1.54, 1.807) is 31.5 Å². The monoisotopic (exact) mass is 584 g/mol. The lowest BCUT2D eigenvalue weighted by atomic mass is 9.95. The summed E-state index contributed by atoms with van der Waals surface area (Å²) in [6.45, 7) is 5.54. The van der Waals surface area contributed by atoms with Crippen LogP contribution < -0.4 is 20.3 Å². The largest absolute Gasteiger partial charge is 0.494 e. The fraction of sp³-hybridized carbons (Fsp3) is 0.250. The Balaban J connectivity index is 1.58. The highest BCUT2D eigenvalue weighted by Gasteiger charge is 2.43. The van der Waals surface area contributed by atoms with Crippen LogP contribution in [0.15, 0.2) is 83.4 Å². The molecular formula is C32H32N4O5S. The molecule has 0 unspecified atom stereocenters. The summed E-state index contributed by atoms with van der Waals surface area (Å²) >= 11 is 5.85. The molecule has 1 saturated heterocycles. The van der Waals surface area contributed by atoms with Gasteiger partial charge in [-0.1, -0.05) is 45.0 Å². The molecule has 4 aromatic rings. The van der Waals surface area contributed by atoms with Gasteiger partial charge in [0.25, 0.3) is 0 Å². The molecule has 2 atom stereocenters. The third kappa shape index (κ3) is 5.58. The van der Waals surface area contributed by atoms with Gasteiger partial charge < -0.3 is 29.4 Å². The number of aromatic nitrogens is 1. The van der Waals surface area contributed by atoms with E-state index < -0.39 is 17.4 Å². The second kappa shape index (κ2) is 11.7. The number of nitrogens with one attached hydrogen (secondary N) is 2. The van der Waals surface area contributed by atoms with Crippen molar-refractivity contribution in [1.29, 1.82) is 0 Å². The molecule has 0 radical (unpaired) electrons. The maximum Gasteiger partial charge on any atom is 0.338 e. The van der Waals surface area contributed by atoms with Crippen LogP contribution in [0.1, 0.15) is 54.7 Å². The van der Waals surface area contributed by atoms with E-state index in [-0.39, 0.29) is 11.9 Å². The maximum absolute atomic E-state index is 12.7. The number of thiocarbonyl (C=S) groups is 1. The minimum atomic E-state index is -0.575. The second-order valence-electron chi connectivity index (χ2n) is 10.8. The van der Waals surface area contributed by atoms with Gasteiger partial charge in [-0.3, -0.25) is 9.78 Å². The number of methoxy groups -OCH3 is 2. The van der Waals surface area contributed by atoms with Gasteiger partial charge in [-0.2, -0.15) is 0 Å². The number of pyridine rings is 1. The Morgan fingerprint density at radius 3 is 2.48 bits per heavy atom. The number of esters is 1. The van der Waals surface area contributed by atoms with Crippen LogP contribution in [0.25, 0.3) is 11.3 Å². The molecule has 10 heteroatoms. The lowest BCUT2D eigenvalue weighted by Gasteiger charge is -2.27. The number of hydrogen-bond acceptors (Lipinski definition) is 7. The van der Waals surface area contributed by atoms with Crippen molar-refractivity contribution in [1.82, 2.24) is 10.3 Å². The van der Waals surface area contributed by atoms with Gasteiger partial charge in [0.15, 0.2) is 5.11 Å². The van der Waals surface area contributed by atoms with Crippen LogP contribution in [-0.4, -0.2) is 36.2 Å². The minimum Gasteiger partial charge on any atom is -0.494 e. The summed E-state index contributed by atoms with van der Waals surface area (Å²) < 4.78 is 17.1. The van der Waals surface area contributed by atoms with Gasteiger partial charge in [-0.05, 0) is 54.7 Å². The maximum atomic E-state index is 12.7. The Labute approximate surface area is 249 Å².